The van der Waals surface area contributed by atoms with E-state index >= 15 is 0 Å². The maximum atomic E-state index is 14.5. The Balaban J connectivity index is 1.35. The molecule has 11 nitrogen and oxygen atoms in total. The topological polar surface area (TPSA) is 155 Å². The fourth-order valence-electron chi connectivity index (χ4n) is 8.09. The van der Waals surface area contributed by atoms with Crippen LogP contribution in [0.5, 0.6) is 17.2 Å². The lowest BCUT2D eigenvalue weighted by Gasteiger charge is -2.40. The summed E-state index contributed by atoms with van der Waals surface area (Å²) in [6, 6.07) is 8.61. The Bertz CT molecular complexity index is 1940. The highest BCUT2D eigenvalue weighted by Gasteiger charge is 2.48. The Kier molecular flexibility index (Phi) is 7.57. The molecule has 3 aromatic rings. The summed E-state index contributed by atoms with van der Waals surface area (Å²) in [6.45, 7) is -0.655. The average molecular weight is 654 g/mol. The highest BCUT2D eigenvalue weighted by Crippen LogP contribution is 2.53. The number of hydrogen-bond acceptors (Lipinski definition) is 10. The Morgan fingerprint density at radius 1 is 1.10 bits per heavy atom. The van der Waals surface area contributed by atoms with Crippen molar-refractivity contribution in [1.82, 2.24) is 4.90 Å². The normalized spacial score (nSPS) is 28.9. The fraction of sp³-hybridized carbons (Fsp3) is 0.405. The van der Waals surface area contributed by atoms with Crippen molar-refractivity contribution >= 4 is 28.5 Å². The standard InChI is InChI=1S/C37H35NO10/c1-45-20-13-24-22-11-10-19-6-2-8-21(19)29(22)31-26(40)16-38-15-25-18(5-3-9-23(25)36(38)44)7-4-12-46-35-32(41)28(17-39)48-37(34(35)43)47-27(14-20)30(24)33(31)42/h3,5,9-11,13-14,19,21,28,32,34-35,37,39,41-43H,2,6-8,15-17H2,1H3/t19-,21+,28-,32-,34-,35+,37-/m1/s1. The van der Waals surface area contributed by atoms with Crippen LogP contribution in [-0.2, 0) is 22.4 Å². The first-order chi connectivity index (χ1) is 23.3. The van der Waals surface area contributed by atoms with Gasteiger partial charge in [-0.2, -0.15) is 0 Å². The van der Waals surface area contributed by atoms with Crippen molar-refractivity contribution in [3.63, 3.8) is 0 Å². The van der Waals surface area contributed by atoms with Gasteiger partial charge in [-0.25, -0.2) is 0 Å². The molecule has 248 valence electrons. The summed E-state index contributed by atoms with van der Waals surface area (Å²) in [7, 11) is 1.49. The smallest absolute Gasteiger partial charge is 0.254 e. The van der Waals surface area contributed by atoms with Gasteiger partial charge in [0, 0.05) is 30.0 Å². The molecule has 1 saturated carbocycles. The number of aliphatic hydroxyl groups is 3. The van der Waals surface area contributed by atoms with Crippen LogP contribution in [0.1, 0.15) is 68.2 Å². The number of carbonyl (C=O) groups is 2. The number of phenols is 1. The van der Waals surface area contributed by atoms with E-state index in [4.69, 9.17) is 18.9 Å². The predicted molar refractivity (Wildman–Crippen MR) is 172 cm³/mol. The number of phenolic OH excluding ortho intramolecular Hbond substituents is 1. The maximum Gasteiger partial charge on any atom is 0.254 e. The molecule has 1 saturated heterocycles. The molecule has 7 atom stereocenters. The molecule has 0 radical (unpaired) electrons. The lowest BCUT2D eigenvalue weighted by molar-refractivity contribution is -0.276. The van der Waals surface area contributed by atoms with E-state index in [2.05, 4.69) is 18.1 Å². The number of fused-ring (bicyclic) bond motifs is 9. The van der Waals surface area contributed by atoms with E-state index in [1.54, 1.807) is 18.2 Å². The number of Topliss-reactive ketones (excluding diaryl/α,β-unsaturated/α-hetero) is 1. The van der Waals surface area contributed by atoms with E-state index in [-0.39, 0.29) is 59.7 Å². The minimum Gasteiger partial charge on any atom is -0.506 e. The number of aromatic hydroxyl groups is 1. The lowest BCUT2D eigenvalue weighted by Crippen LogP contribution is -2.60. The number of carbonyl (C=O) groups excluding carboxylic acids is 2. The van der Waals surface area contributed by atoms with Crippen LogP contribution >= 0.6 is 0 Å². The molecule has 3 aromatic carbocycles. The third kappa shape index (κ3) is 4.74. The quantitative estimate of drug-likeness (QED) is 0.304. The average Bonchev–Trinajstić information content (AvgIpc) is 3.69. The summed E-state index contributed by atoms with van der Waals surface area (Å²) in [5, 5.41) is 45.3. The van der Waals surface area contributed by atoms with Gasteiger partial charge in [0.1, 0.15) is 35.6 Å². The van der Waals surface area contributed by atoms with Crippen LogP contribution in [0.3, 0.4) is 0 Å². The molecule has 1 amide bonds. The van der Waals surface area contributed by atoms with Gasteiger partial charge in [0.05, 0.1) is 31.2 Å². The molecule has 3 aliphatic heterocycles. The van der Waals surface area contributed by atoms with Crippen LogP contribution in [0.15, 0.2) is 36.4 Å². The van der Waals surface area contributed by atoms with Crippen LogP contribution < -0.4 is 9.47 Å². The third-order valence-electron chi connectivity index (χ3n) is 10.4. The first-order valence-corrected chi connectivity index (χ1v) is 16.2. The molecule has 2 fully saturated rings. The van der Waals surface area contributed by atoms with Crippen LogP contribution in [-0.4, -0.2) is 88.0 Å². The van der Waals surface area contributed by atoms with Crippen molar-refractivity contribution in [3.8, 4) is 29.3 Å². The minimum absolute atomic E-state index is 0.00228. The zero-order valence-corrected chi connectivity index (χ0v) is 26.2. The zero-order valence-electron chi connectivity index (χ0n) is 26.2. The monoisotopic (exact) mass is 653 g/mol. The molecule has 5 aliphatic rings. The highest BCUT2D eigenvalue weighted by atomic mass is 16.7. The molecule has 3 heterocycles. The van der Waals surface area contributed by atoms with Crippen LogP contribution in [0.4, 0.5) is 0 Å². The van der Waals surface area contributed by atoms with Crippen molar-refractivity contribution in [2.24, 2.45) is 5.92 Å². The summed E-state index contributed by atoms with van der Waals surface area (Å²) < 4.78 is 23.4. The van der Waals surface area contributed by atoms with Gasteiger partial charge in [0.15, 0.2) is 18.0 Å². The maximum absolute atomic E-state index is 14.5. The lowest BCUT2D eigenvalue weighted by atomic mass is 9.76. The van der Waals surface area contributed by atoms with E-state index in [0.717, 1.165) is 41.5 Å². The van der Waals surface area contributed by atoms with Crippen molar-refractivity contribution in [2.75, 3.05) is 20.3 Å². The summed E-state index contributed by atoms with van der Waals surface area (Å²) in [5.41, 5.74) is 3.64. The summed E-state index contributed by atoms with van der Waals surface area (Å²) in [5.74, 6) is 2.55. The van der Waals surface area contributed by atoms with Crippen molar-refractivity contribution < 1.29 is 49.0 Å². The summed E-state index contributed by atoms with van der Waals surface area (Å²) >= 11 is 0. The van der Waals surface area contributed by atoms with Crippen molar-refractivity contribution in [1.29, 1.82) is 0 Å². The molecule has 2 aliphatic carbocycles. The second-order valence-corrected chi connectivity index (χ2v) is 13.0. The molecular weight excluding hydrogens is 618 g/mol. The largest absolute Gasteiger partial charge is 0.506 e. The Morgan fingerprint density at radius 3 is 2.77 bits per heavy atom. The molecule has 11 heteroatoms. The first kappa shape index (κ1) is 30.7. The van der Waals surface area contributed by atoms with E-state index in [9.17, 15) is 30.0 Å². The molecule has 0 unspecified atom stereocenters. The number of aliphatic hydroxyl groups excluding tert-OH is 3. The van der Waals surface area contributed by atoms with E-state index < -0.39 is 43.1 Å². The van der Waals surface area contributed by atoms with Crippen LogP contribution in [0.2, 0.25) is 0 Å². The Labute approximate surface area is 276 Å². The zero-order chi connectivity index (χ0) is 33.3. The number of methoxy groups -OCH3 is 1. The van der Waals surface area contributed by atoms with Gasteiger partial charge in [-0.15, -0.1) is 0 Å². The van der Waals surface area contributed by atoms with Gasteiger partial charge < -0.3 is 44.3 Å². The summed E-state index contributed by atoms with van der Waals surface area (Å²) in [4.78, 5) is 29.6. The number of nitrogens with zero attached hydrogens (tertiary/aromatic N) is 1. The molecule has 6 bridgehead atoms. The van der Waals surface area contributed by atoms with Crippen molar-refractivity contribution in [3.05, 3.63) is 69.8 Å². The molecule has 48 heavy (non-hydrogen) atoms. The SMILES string of the molecule is COc1cc2c3c(O)c(c4c(c3c1)C=C[C@H]1CCC[C@H]41)C(=O)CN1Cc3c(cccc3C1=O)CC#CO[C@@H]1[C@@H](O)[C@H](O2)O[C@H](CO)[C@H]1O. The van der Waals surface area contributed by atoms with Crippen LogP contribution in [0.25, 0.3) is 16.8 Å². The second-order valence-electron chi connectivity index (χ2n) is 13.0. The van der Waals surface area contributed by atoms with Gasteiger partial charge >= 0.3 is 0 Å². The third-order valence-corrected chi connectivity index (χ3v) is 10.4. The number of hydrogen-bond donors (Lipinski definition) is 4. The Hall–Kier alpha value is -4.60. The molecule has 8 rings (SSSR count). The van der Waals surface area contributed by atoms with Crippen molar-refractivity contribution in [2.45, 2.75) is 68.9 Å². The number of rotatable bonds is 2. The Morgan fingerprint density at radius 2 is 1.96 bits per heavy atom. The van der Waals surface area contributed by atoms with Gasteiger partial charge in [-0.05, 0) is 59.1 Å². The van der Waals surface area contributed by atoms with Gasteiger partial charge in [0.2, 0.25) is 6.29 Å². The van der Waals surface area contributed by atoms with Gasteiger partial charge in [-0.3, -0.25) is 9.59 Å². The number of ketones is 1. The van der Waals surface area contributed by atoms with E-state index in [1.165, 1.54) is 18.1 Å². The summed E-state index contributed by atoms with van der Waals surface area (Å²) in [6.07, 6.45) is 2.64. The molecule has 0 spiro atoms. The molecule has 4 N–H and O–H groups in total. The van der Waals surface area contributed by atoms with E-state index in [0.29, 0.717) is 16.7 Å². The number of allylic oxidation sites excluding steroid dienone is 1. The van der Waals surface area contributed by atoms with E-state index in [1.807, 2.05) is 12.1 Å². The second kappa shape index (κ2) is 11.8. The number of benzene rings is 3. The van der Waals surface area contributed by atoms with Crippen LogP contribution in [0, 0.1) is 17.9 Å². The minimum atomic E-state index is -1.58. The molecule has 0 aromatic heterocycles. The first-order valence-electron chi connectivity index (χ1n) is 16.2. The highest BCUT2D eigenvalue weighted by molar-refractivity contribution is 6.13. The van der Waals surface area contributed by atoms with Gasteiger partial charge in [-0.1, -0.05) is 36.6 Å². The number of ether oxygens (including phenoxy) is 4. The van der Waals surface area contributed by atoms with Gasteiger partial charge in [0.25, 0.3) is 5.91 Å². The predicted octanol–water partition coefficient (Wildman–Crippen LogP) is 3.02. The molecular formula is C37H35NO10. The number of amides is 1. The fourth-order valence-corrected chi connectivity index (χ4v) is 8.09.